The van der Waals surface area contributed by atoms with Crippen LogP contribution in [0.1, 0.15) is 15.9 Å². The van der Waals surface area contributed by atoms with Crippen LogP contribution in [0.3, 0.4) is 0 Å². The van der Waals surface area contributed by atoms with E-state index in [2.05, 4.69) is 15.9 Å². The first-order valence-corrected chi connectivity index (χ1v) is 5.50. The smallest absolute Gasteiger partial charge is 0.229 e. The molecule has 0 N–H and O–H groups in total. The van der Waals surface area contributed by atoms with Crippen LogP contribution in [-0.2, 0) is 4.79 Å². The molecule has 0 amide bonds. The predicted octanol–water partition coefficient (Wildman–Crippen LogP) is 2.15. The van der Waals surface area contributed by atoms with E-state index in [1.54, 1.807) is 25.3 Å². The summed E-state index contributed by atoms with van der Waals surface area (Å²) in [7, 11) is 1.56. The second-order valence-corrected chi connectivity index (χ2v) is 3.63. The zero-order valence-corrected chi connectivity index (χ0v) is 10.1. The normalized spacial score (nSPS) is 9.80. The molecular formula is C11H11BrO3. The van der Waals surface area contributed by atoms with E-state index in [1.165, 1.54) is 0 Å². The molecule has 1 rings (SSSR count). The van der Waals surface area contributed by atoms with Crippen molar-refractivity contribution in [2.75, 3.05) is 12.4 Å². The minimum atomic E-state index is -0.474. The van der Waals surface area contributed by atoms with Gasteiger partial charge >= 0.3 is 0 Å². The van der Waals surface area contributed by atoms with Gasteiger partial charge in [0, 0.05) is 5.56 Å². The highest BCUT2D eigenvalue weighted by Gasteiger charge is 2.15. The average Bonchev–Trinajstić information content (AvgIpc) is 2.26. The molecule has 0 saturated heterocycles. The molecule has 0 radical (unpaired) electrons. The molecule has 15 heavy (non-hydrogen) atoms. The van der Waals surface area contributed by atoms with Crippen LogP contribution in [0.2, 0.25) is 0 Å². The fourth-order valence-corrected chi connectivity index (χ4v) is 1.50. The number of carbonyl (C=O) groups is 2. The van der Waals surface area contributed by atoms with Crippen molar-refractivity contribution >= 4 is 27.5 Å². The van der Waals surface area contributed by atoms with Gasteiger partial charge in [0.25, 0.3) is 0 Å². The maximum atomic E-state index is 11.5. The summed E-state index contributed by atoms with van der Waals surface area (Å²) in [6, 6.07) is 4.93. The summed E-state index contributed by atoms with van der Waals surface area (Å²) in [5.41, 5.74) is 1.24. The van der Waals surface area contributed by atoms with Crippen LogP contribution in [0.15, 0.2) is 18.2 Å². The van der Waals surface area contributed by atoms with Crippen molar-refractivity contribution in [1.29, 1.82) is 0 Å². The summed E-state index contributed by atoms with van der Waals surface area (Å²) in [4.78, 5) is 22.7. The van der Waals surface area contributed by atoms with Gasteiger partial charge in [0.05, 0.1) is 12.4 Å². The molecule has 0 aromatic heterocycles. The maximum absolute atomic E-state index is 11.5. The average molecular weight is 271 g/mol. The van der Waals surface area contributed by atoms with Gasteiger partial charge in [-0.05, 0) is 30.7 Å². The van der Waals surface area contributed by atoms with Gasteiger partial charge in [-0.1, -0.05) is 15.9 Å². The first-order valence-electron chi connectivity index (χ1n) is 4.38. The number of hydrogen-bond acceptors (Lipinski definition) is 3. The second-order valence-electron chi connectivity index (χ2n) is 3.07. The molecule has 4 heteroatoms. The van der Waals surface area contributed by atoms with Crippen molar-refractivity contribution < 1.29 is 14.3 Å². The summed E-state index contributed by atoms with van der Waals surface area (Å²) in [5, 5.41) is 0.0525. The minimum Gasteiger partial charge on any atom is -0.496 e. The van der Waals surface area contributed by atoms with Gasteiger partial charge in [-0.25, -0.2) is 0 Å². The van der Waals surface area contributed by atoms with Crippen LogP contribution in [-0.4, -0.2) is 24.0 Å². The fraction of sp³-hybridized carbons (Fsp3) is 0.273. The van der Waals surface area contributed by atoms with E-state index in [9.17, 15) is 9.59 Å². The van der Waals surface area contributed by atoms with Crippen molar-refractivity contribution in [3.8, 4) is 5.75 Å². The van der Waals surface area contributed by atoms with Gasteiger partial charge in [0.1, 0.15) is 5.75 Å². The van der Waals surface area contributed by atoms with Gasteiger partial charge in [0.2, 0.25) is 11.6 Å². The van der Waals surface area contributed by atoms with Gasteiger partial charge in [-0.2, -0.15) is 0 Å². The highest BCUT2D eigenvalue weighted by atomic mass is 79.9. The molecule has 0 heterocycles. The number of hydrogen-bond donors (Lipinski definition) is 0. The Hall–Kier alpha value is -1.16. The lowest BCUT2D eigenvalue weighted by molar-refractivity contribution is -0.112. The Morgan fingerprint density at radius 3 is 2.53 bits per heavy atom. The van der Waals surface area contributed by atoms with Crippen molar-refractivity contribution in [3.05, 3.63) is 29.3 Å². The molecule has 0 atom stereocenters. The number of Topliss-reactive ketones (excluding diaryl/α,β-unsaturated/α-hetero) is 2. The minimum absolute atomic E-state index is 0.0525. The number of benzene rings is 1. The fourth-order valence-electron chi connectivity index (χ4n) is 1.24. The van der Waals surface area contributed by atoms with Crippen LogP contribution >= 0.6 is 15.9 Å². The number of aryl methyl sites for hydroxylation is 1. The predicted molar refractivity (Wildman–Crippen MR) is 60.9 cm³/mol. The third-order valence-corrected chi connectivity index (χ3v) is 2.54. The highest BCUT2D eigenvalue weighted by molar-refractivity contribution is 9.09. The summed E-state index contributed by atoms with van der Waals surface area (Å²) < 4.78 is 5.06. The van der Waals surface area contributed by atoms with E-state index in [4.69, 9.17) is 4.74 Å². The van der Waals surface area contributed by atoms with Gasteiger partial charge in [-0.3, -0.25) is 9.59 Å². The highest BCUT2D eigenvalue weighted by Crippen LogP contribution is 2.18. The lowest BCUT2D eigenvalue weighted by atomic mass is 10.1. The number of carbonyl (C=O) groups excluding carboxylic acids is 2. The Bertz CT molecular complexity index is 399. The Morgan fingerprint density at radius 1 is 1.40 bits per heavy atom. The Balaban J connectivity index is 3.02. The zero-order chi connectivity index (χ0) is 11.4. The van der Waals surface area contributed by atoms with E-state index in [0.29, 0.717) is 11.3 Å². The Kier molecular flexibility index (Phi) is 4.03. The van der Waals surface area contributed by atoms with Crippen LogP contribution in [0, 0.1) is 6.92 Å². The van der Waals surface area contributed by atoms with Crippen molar-refractivity contribution in [2.45, 2.75) is 6.92 Å². The van der Waals surface area contributed by atoms with E-state index in [1.807, 2.05) is 6.92 Å². The Morgan fingerprint density at radius 2 is 2.07 bits per heavy atom. The number of ether oxygens (including phenoxy) is 1. The first kappa shape index (κ1) is 11.9. The standard InChI is InChI=1S/C11H11BrO3/c1-7-5-8(3-4-10(7)15-2)11(14)9(13)6-12/h3-5H,6H2,1-2H3. The van der Waals surface area contributed by atoms with Crippen molar-refractivity contribution in [1.82, 2.24) is 0 Å². The van der Waals surface area contributed by atoms with Crippen molar-refractivity contribution in [3.63, 3.8) is 0 Å². The molecular weight excluding hydrogens is 260 g/mol. The summed E-state index contributed by atoms with van der Waals surface area (Å²) >= 11 is 2.96. The molecule has 0 aliphatic rings. The molecule has 3 nitrogen and oxygen atoms in total. The second kappa shape index (κ2) is 5.07. The zero-order valence-electron chi connectivity index (χ0n) is 8.54. The van der Waals surface area contributed by atoms with Gasteiger partial charge in [-0.15, -0.1) is 0 Å². The van der Waals surface area contributed by atoms with Crippen LogP contribution in [0.25, 0.3) is 0 Å². The lowest BCUT2D eigenvalue weighted by Crippen LogP contribution is -2.15. The maximum Gasteiger partial charge on any atom is 0.229 e. The van der Waals surface area contributed by atoms with E-state index in [0.717, 1.165) is 5.56 Å². The largest absolute Gasteiger partial charge is 0.496 e. The first-order chi connectivity index (χ1) is 7.10. The number of halogens is 1. The number of methoxy groups -OCH3 is 1. The Labute approximate surface area is 96.6 Å². The van der Waals surface area contributed by atoms with E-state index < -0.39 is 11.6 Å². The van der Waals surface area contributed by atoms with Crippen LogP contribution in [0.4, 0.5) is 0 Å². The molecule has 0 unspecified atom stereocenters. The topological polar surface area (TPSA) is 43.4 Å². The van der Waals surface area contributed by atoms with Crippen LogP contribution < -0.4 is 4.74 Å². The molecule has 0 fully saturated rings. The van der Waals surface area contributed by atoms with Crippen molar-refractivity contribution in [2.24, 2.45) is 0 Å². The molecule has 0 aliphatic heterocycles. The van der Waals surface area contributed by atoms with Crippen LogP contribution in [0.5, 0.6) is 5.75 Å². The number of alkyl halides is 1. The van der Waals surface area contributed by atoms with E-state index >= 15 is 0 Å². The SMILES string of the molecule is COc1ccc(C(=O)C(=O)CBr)cc1C. The summed E-state index contributed by atoms with van der Waals surface area (Å²) in [6.07, 6.45) is 0. The molecule has 1 aromatic carbocycles. The van der Waals surface area contributed by atoms with E-state index in [-0.39, 0.29) is 5.33 Å². The lowest BCUT2D eigenvalue weighted by Gasteiger charge is -2.05. The molecule has 0 spiro atoms. The monoisotopic (exact) mass is 270 g/mol. The molecule has 0 aliphatic carbocycles. The third-order valence-electron chi connectivity index (χ3n) is 2.03. The molecule has 0 bridgehead atoms. The molecule has 80 valence electrons. The number of rotatable bonds is 4. The van der Waals surface area contributed by atoms with Gasteiger partial charge < -0.3 is 4.74 Å². The summed E-state index contributed by atoms with van der Waals surface area (Å²) in [5.74, 6) is -0.213. The molecule has 1 aromatic rings. The van der Waals surface area contributed by atoms with Gasteiger partial charge in [0.15, 0.2) is 0 Å². The summed E-state index contributed by atoms with van der Waals surface area (Å²) in [6.45, 7) is 1.83. The molecule has 0 saturated carbocycles. The number of ketones is 2. The third kappa shape index (κ3) is 2.65. The quantitative estimate of drug-likeness (QED) is 0.478.